The van der Waals surface area contributed by atoms with Gasteiger partial charge in [0.1, 0.15) is 0 Å². The van der Waals surface area contributed by atoms with Crippen molar-refractivity contribution >= 4 is 23.5 Å². The first-order valence-corrected chi connectivity index (χ1v) is 9.41. The van der Waals surface area contributed by atoms with E-state index in [9.17, 15) is 14.7 Å². The fraction of sp³-hybridized carbons (Fsp3) is 0.333. The third-order valence-electron chi connectivity index (χ3n) is 5.44. The molecule has 2 aromatic rings. The number of amides is 1. The summed E-state index contributed by atoms with van der Waals surface area (Å²) < 4.78 is 5.37. The quantitative estimate of drug-likeness (QED) is 0.807. The molecule has 1 atom stereocenters. The van der Waals surface area contributed by atoms with Crippen LogP contribution in [0.3, 0.4) is 0 Å². The molecular formula is C21H20ClNO4. The van der Waals surface area contributed by atoms with Gasteiger partial charge in [0.25, 0.3) is 5.91 Å². The van der Waals surface area contributed by atoms with Crippen LogP contribution in [0.5, 0.6) is 0 Å². The highest BCUT2D eigenvalue weighted by Gasteiger charge is 2.40. The molecule has 1 amide bonds. The van der Waals surface area contributed by atoms with E-state index in [2.05, 4.69) is 0 Å². The third kappa shape index (κ3) is 3.33. The van der Waals surface area contributed by atoms with Crippen LogP contribution in [0.15, 0.2) is 48.5 Å². The maximum absolute atomic E-state index is 12.9. The van der Waals surface area contributed by atoms with Gasteiger partial charge in [-0.25, -0.2) is 4.79 Å². The molecule has 2 aromatic carbocycles. The van der Waals surface area contributed by atoms with Crippen LogP contribution in [0.4, 0.5) is 0 Å². The van der Waals surface area contributed by atoms with Gasteiger partial charge in [0.05, 0.1) is 11.2 Å². The highest BCUT2D eigenvalue weighted by Crippen LogP contribution is 2.37. The van der Waals surface area contributed by atoms with Crippen molar-refractivity contribution in [2.24, 2.45) is 0 Å². The van der Waals surface area contributed by atoms with Crippen LogP contribution in [-0.2, 0) is 21.6 Å². The number of fused-ring (bicyclic) bond motifs is 1. The van der Waals surface area contributed by atoms with Gasteiger partial charge < -0.3 is 14.7 Å². The number of carbonyl (C=O) groups is 2. The number of benzene rings is 2. The van der Waals surface area contributed by atoms with Crippen LogP contribution >= 0.6 is 11.6 Å². The van der Waals surface area contributed by atoms with Gasteiger partial charge in [0, 0.05) is 30.1 Å². The van der Waals surface area contributed by atoms with Crippen molar-refractivity contribution in [3.05, 3.63) is 70.2 Å². The minimum Gasteiger partial charge on any atom is -0.448 e. The van der Waals surface area contributed by atoms with E-state index >= 15 is 0 Å². The van der Waals surface area contributed by atoms with Gasteiger partial charge in [-0.05, 0) is 30.5 Å². The number of carbonyl (C=O) groups excluding carboxylic acids is 2. The van der Waals surface area contributed by atoms with Gasteiger partial charge in [-0.15, -0.1) is 0 Å². The zero-order valence-corrected chi connectivity index (χ0v) is 15.5. The van der Waals surface area contributed by atoms with Crippen molar-refractivity contribution in [2.75, 3.05) is 13.1 Å². The third-order valence-corrected chi connectivity index (χ3v) is 5.77. The maximum Gasteiger partial charge on any atom is 0.339 e. The number of rotatable bonds is 2. The van der Waals surface area contributed by atoms with Gasteiger partial charge in [0.2, 0.25) is 0 Å². The van der Waals surface area contributed by atoms with E-state index in [1.807, 2.05) is 30.3 Å². The number of likely N-dealkylation sites (tertiary alicyclic amines) is 1. The predicted molar refractivity (Wildman–Crippen MR) is 101 cm³/mol. The molecule has 1 saturated heterocycles. The Kier molecular flexibility index (Phi) is 4.66. The normalized spacial score (nSPS) is 21.3. The summed E-state index contributed by atoms with van der Waals surface area (Å²) in [5.74, 6) is -0.668. The van der Waals surface area contributed by atoms with E-state index in [-0.39, 0.29) is 5.91 Å². The molecule has 5 nitrogen and oxygen atoms in total. The molecular weight excluding hydrogens is 366 g/mol. The first-order valence-electron chi connectivity index (χ1n) is 9.03. The first-order chi connectivity index (χ1) is 13.0. The standard InChI is InChI=1S/C21H20ClNO4/c22-17-8-4-3-7-16(17)21(26)9-11-23(12-10-21)19(24)18-13-14-5-1-2-6-15(14)20(25)27-18/h1-8,18,26H,9-13H2. The smallest absolute Gasteiger partial charge is 0.339 e. The Hall–Kier alpha value is -2.37. The average molecular weight is 386 g/mol. The molecule has 1 unspecified atom stereocenters. The Labute approximate surface area is 162 Å². The summed E-state index contributed by atoms with van der Waals surface area (Å²) in [6, 6.07) is 14.4. The molecule has 2 aliphatic heterocycles. The molecule has 2 aliphatic rings. The lowest BCUT2D eigenvalue weighted by atomic mass is 9.84. The van der Waals surface area contributed by atoms with E-state index in [0.29, 0.717) is 48.5 Å². The Morgan fingerprint density at radius 3 is 2.52 bits per heavy atom. The van der Waals surface area contributed by atoms with Crippen LogP contribution in [-0.4, -0.2) is 41.1 Å². The number of hydrogen-bond donors (Lipinski definition) is 1. The minimum absolute atomic E-state index is 0.209. The topological polar surface area (TPSA) is 66.8 Å². The number of aliphatic hydroxyl groups is 1. The molecule has 140 valence electrons. The number of halogens is 1. The highest BCUT2D eigenvalue weighted by atomic mass is 35.5. The van der Waals surface area contributed by atoms with Crippen molar-refractivity contribution in [3.8, 4) is 0 Å². The Morgan fingerprint density at radius 2 is 1.78 bits per heavy atom. The summed E-state index contributed by atoms with van der Waals surface area (Å²) in [6.07, 6.45) is 0.352. The highest BCUT2D eigenvalue weighted by molar-refractivity contribution is 6.31. The monoisotopic (exact) mass is 385 g/mol. The largest absolute Gasteiger partial charge is 0.448 e. The van der Waals surface area contributed by atoms with Gasteiger partial charge in [-0.2, -0.15) is 0 Å². The van der Waals surface area contributed by atoms with E-state index in [0.717, 1.165) is 5.56 Å². The van der Waals surface area contributed by atoms with Crippen molar-refractivity contribution < 1.29 is 19.4 Å². The Morgan fingerprint density at radius 1 is 1.11 bits per heavy atom. The zero-order valence-electron chi connectivity index (χ0n) is 14.7. The summed E-state index contributed by atoms with van der Waals surface area (Å²) >= 11 is 6.23. The lowest BCUT2D eigenvalue weighted by molar-refractivity contribution is -0.145. The van der Waals surface area contributed by atoms with E-state index < -0.39 is 17.7 Å². The van der Waals surface area contributed by atoms with Gasteiger partial charge in [0.15, 0.2) is 6.10 Å². The van der Waals surface area contributed by atoms with Gasteiger partial charge in [-0.1, -0.05) is 48.0 Å². The van der Waals surface area contributed by atoms with Crippen molar-refractivity contribution in [1.82, 2.24) is 4.90 Å². The summed E-state index contributed by atoms with van der Waals surface area (Å²) in [4.78, 5) is 26.7. The summed E-state index contributed by atoms with van der Waals surface area (Å²) in [6.45, 7) is 0.770. The second-order valence-corrected chi connectivity index (χ2v) is 7.50. The maximum atomic E-state index is 12.9. The first kappa shape index (κ1) is 18.0. The molecule has 0 saturated carbocycles. The van der Waals surface area contributed by atoms with E-state index in [1.54, 1.807) is 23.1 Å². The summed E-state index contributed by atoms with van der Waals surface area (Å²) in [7, 11) is 0. The van der Waals surface area contributed by atoms with Crippen LogP contribution < -0.4 is 0 Å². The van der Waals surface area contributed by atoms with Crippen LogP contribution in [0.1, 0.15) is 34.3 Å². The molecule has 1 N–H and O–H groups in total. The van der Waals surface area contributed by atoms with Crippen LogP contribution in [0.2, 0.25) is 5.02 Å². The molecule has 0 aromatic heterocycles. The minimum atomic E-state index is -1.05. The predicted octanol–water partition coefficient (Wildman–Crippen LogP) is 2.93. The molecule has 0 bridgehead atoms. The lowest BCUT2D eigenvalue weighted by Crippen LogP contribution is -2.50. The molecule has 27 heavy (non-hydrogen) atoms. The molecule has 0 aliphatic carbocycles. The number of cyclic esters (lactones) is 1. The molecule has 0 spiro atoms. The van der Waals surface area contributed by atoms with Crippen molar-refractivity contribution in [1.29, 1.82) is 0 Å². The number of ether oxygens (including phenoxy) is 1. The molecule has 6 heteroatoms. The van der Waals surface area contributed by atoms with Gasteiger partial charge in [-0.3, -0.25) is 4.79 Å². The Balaban J connectivity index is 1.45. The number of esters is 1. The SMILES string of the molecule is O=C1OC(C(=O)N2CCC(O)(c3ccccc3Cl)CC2)Cc2ccccc21. The molecule has 2 heterocycles. The van der Waals surface area contributed by atoms with Gasteiger partial charge >= 0.3 is 5.97 Å². The van der Waals surface area contributed by atoms with Crippen LogP contribution in [0, 0.1) is 0 Å². The lowest BCUT2D eigenvalue weighted by Gasteiger charge is -2.40. The number of nitrogens with zero attached hydrogens (tertiary/aromatic N) is 1. The molecule has 0 radical (unpaired) electrons. The molecule has 4 rings (SSSR count). The fourth-order valence-electron chi connectivity index (χ4n) is 3.88. The summed E-state index contributed by atoms with van der Waals surface area (Å²) in [5.41, 5.74) is 0.993. The zero-order chi connectivity index (χ0) is 19.0. The second kappa shape index (κ2) is 6.98. The van der Waals surface area contributed by atoms with Crippen molar-refractivity contribution in [2.45, 2.75) is 31.0 Å². The van der Waals surface area contributed by atoms with Crippen LogP contribution in [0.25, 0.3) is 0 Å². The molecule has 1 fully saturated rings. The average Bonchev–Trinajstić information content (AvgIpc) is 2.68. The van der Waals surface area contributed by atoms with E-state index in [4.69, 9.17) is 16.3 Å². The van der Waals surface area contributed by atoms with Crippen molar-refractivity contribution in [3.63, 3.8) is 0 Å². The number of hydrogen-bond acceptors (Lipinski definition) is 4. The fourth-order valence-corrected chi connectivity index (χ4v) is 4.19. The second-order valence-electron chi connectivity index (χ2n) is 7.09. The Bertz CT molecular complexity index is 889. The van der Waals surface area contributed by atoms with E-state index in [1.165, 1.54) is 0 Å². The number of piperidine rings is 1. The summed E-state index contributed by atoms with van der Waals surface area (Å²) in [5, 5.41) is 11.5.